The molecule has 0 rings (SSSR count). The van der Waals surface area contributed by atoms with Crippen LogP contribution >= 0.6 is 0 Å². The molecule has 54 valence electrons. The molecule has 0 aromatic heterocycles. The number of hydrogen-bond donors (Lipinski definition) is 0. The fraction of sp³-hybridized carbons (Fsp3) is 0.500. The largest absolute Gasteiger partial charge is 0.454 e. The van der Waals surface area contributed by atoms with Crippen LogP contribution in [0.2, 0.25) is 0 Å². The van der Waals surface area contributed by atoms with Crippen molar-refractivity contribution in [2.24, 2.45) is 0 Å². The summed E-state index contributed by atoms with van der Waals surface area (Å²) in [6.07, 6.45) is -0.942. The molecule has 0 saturated carbocycles. The summed E-state index contributed by atoms with van der Waals surface area (Å²) in [5.41, 5.74) is 0. The van der Waals surface area contributed by atoms with E-state index in [1.54, 1.807) is 0 Å². The molecule has 0 amide bonds. The topological polar surface area (TPSA) is 67.2 Å². The van der Waals surface area contributed by atoms with Crippen molar-refractivity contribution in [2.45, 2.75) is 20.0 Å². The number of rotatable bonds is 2. The van der Waals surface area contributed by atoms with Crippen molar-refractivity contribution >= 4 is 11.8 Å². The summed E-state index contributed by atoms with van der Waals surface area (Å²) in [5.74, 6) is -1.30. The zero-order chi connectivity index (χ0) is 8.15. The molecule has 4 nitrogen and oxygen atoms in total. The Hall–Kier alpha value is -1.37. The molecule has 10 heavy (non-hydrogen) atoms. The zero-order valence-electron chi connectivity index (χ0n) is 5.75. The van der Waals surface area contributed by atoms with E-state index in [2.05, 4.69) is 4.74 Å². The molecule has 0 fully saturated rings. The van der Waals surface area contributed by atoms with Gasteiger partial charge in [-0.3, -0.25) is 9.59 Å². The molecular formula is C6H7NO3. The summed E-state index contributed by atoms with van der Waals surface area (Å²) in [5, 5.41) is 8.03. The Kier molecular flexibility index (Phi) is 3.12. The normalized spacial score (nSPS) is 11.3. The number of nitriles is 1. The van der Waals surface area contributed by atoms with E-state index in [4.69, 9.17) is 5.26 Å². The summed E-state index contributed by atoms with van der Waals surface area (Å²) in [4.78, 5) is 20.6. The van der Waals surface area contributed by atoms with E-state index < -0.39 is 17.9 Å². The first-order chi connectivity index (χ1) is 4.57. The number of carbonyl (C=O) groups excluding carboxylic acids is 2. The summed E-state index contributed by atoms with van der Waals surface area (Å²) < 4.78 is 4.39. The lowest BCUT2D eigenvalue weighted by atomic mass is 10.3. The fourth-order valence-corrected chi connectivity index (χ4v) is 0.393. The third kappa shape index (κ3) is 2.82. The summed E-state index contributed by atoms with van der Waals surface area (Å²) in [7, 11) is 0. The molecule has 0 saturated heterocycles. The molecule has 0 aromatic carbocycles. The summed E-state index contributed by atoms with van der Waals surface area (Å²) in [6, 6.07) is 1.35. The van der Waals surface area contributed by atoms with Crippen LogP contribution in [0.15, 0.2) is 0 Å². The van der Waals surface area contributed by atoms with E-state index in [1.807, 2.05) is 0 Å². The summed E-state index contributed by atoms with van der Waals surface area (Å²) >= 11 is 0. The first-order valence-corrected chi connectivity index (χ1v) is 2.69. The minimum absolute atomic E-state index is 0.559. The van der Waals surface area contributed by atoms with Crippen molar-refractivity contribution in [3.05, 3.63) is 0 Å². The van der Waals surface area contributed by atoms with Gasteiger partial charge in [-0.05, 0) is 6.92 Å². The number of nitrogens with zero attached hydrogens (tertiary/aromatic N) is 1. The second-order valence-corrected chi connectivity index (χ2v) is 1.73. The zero-order valence-corrected chi connectivity index (χ0v) is 5.75. The van der Waals surface area contributed by atoms with Crippen LogP contribution in [0.5, 0.6) is 0 Å². The molecule has 0 spiro atoms. The third-order valence-electron chi connectivity index (χ3n) is 0.822. The second-order valence-electron chi connectivity index (χ2n) is 1.73. The third-order valence-corrected chi connectivity index (χ3v) is 0.822. The molecule has 1 atom stereocenters. The van der Waals surface area contributed by atoms with Gasteiger partial charge in [0.05, 0.1) is 0 Å². The van der Waals surface area contributed by atoms with Crippen LogP contribution in [0.25, 0.3) is 0 Å². The average Bonchev–Trinajstić information content (AvgIpc) is 1.85. The van der Waals surface area contributed by atoms with Gasteiger partial charge in [0.2, 0.25) is 0 Å². The van der Waals surface area contributed by atoms with Crippen LogP contribution in [-0.4, -0.2) is 17.9 Å². The lowest BCUT2D eigenvalue weighted by Crippen LogP contribution is -2.21. The standard InChI is InChI=1S/C6H7NO3/c1-4(6(9)3-7)10-5(2)8/h4H,1-2H3. The molecule has 4 heteroatoms. The van der Waals surface area contributed by atoms with Crippen LogP contribution < -0.4 is 0 Å². The maximum absolute atomic E-state index is 10.4. The quantitative estimate of drug-likeness (QED) is 0.402. The Balaban J connectivity index is 3.88. The van der Waals surface area contributed by atoms with E-state index in [1.165, 1.54) is 19.9 Å². The van der Waals surface area contributed by atoms with Gasteiger partial charge >= 0.3 is 5.97 Å². The molecule has 0 aliphatic heterocycles. The maximum Gasteiger partial charge on any atom is 0.303 e. The monoisotopic (exact) mass is 141 g/mol. The van der Waals surface area contributed by atoms with Crippen molar-refractivity contribution in [3.8, 4) is 6.07 Å². The second kappa shape index (κ2) is 3.62. The molecule has 0 N–H and O–H groups in total. The molecule has 0 aromatic rings. The van der Waals surface area contributed by atoms with Crippen molar-refractivity contribution in [2.75, 3.05) is 0 Å². The van der Waals surface area contributed by atoms with Gasteiger partial charge in [0.15, 0.2) is 6.10 Å². The van der Waals surface area contributed by atoms with Crippen LogP contribution in [0.3, 0.4) is 0 Å². The Labute approximate surface area is 58.4 Å². The molecule has 0 aliphatic carbocycles. The Morgan fingerprint density at radius 1 is 1.60 bits per heavy atom. The van der Waals surface area contributed by atoms with E-state index in [9.17, 15) is 9.59 Å². The number of ketones is 1. The van der Waals surface area contributed by atoms with Gasteiger partial charge in [0, 0.05) is 6.92 Å². The first kappa shape index (κ1) is 8.63. The van der Waals surface area contributed by atoms with Gasteiger partial charge in [0.25, 0.3) is 5.78 Å². The lowest BCUT2D eigenvalue weighted by Gasteiger charge is -2.03. The van der Waals surface area contributed by atoms with Gasteiger partial charge in [-0.15, -0.1) is 0 Å². The fourth-order valence-electron chi connectivity index (χ4n) is 0.393. The van der Waals surface area contributed by atoms with Gasteiger partial charge in [-0.1, -0.05) is 0 Å². The molecule has 1 unspecified atom stereocenters. The SMILES string of the molecule is CC(=O)OC(C)C(=O)C#N. The Morgan fingerprint density at radius 2 is 2.10 bits per heavy atom. The molecular weight excluding hydrogens is 134 g/mol. The van der Waals surface area contributed by atoms with E-state index in [0.717, 1.165) is 0 Å². The number of carbonyl (C=O) groups is 2. The van der Waals surface area contributed by atoms with Gasteiger partial charge in [-0.25, -0.2) is 0 Å². The molecule has 0 radical (unpaired) electrons. The van der Waals surface area contributed by atoms with Crippen LogP contribution in [0.4, 0.5) is 0 Å². The predicted octanol–water partition coefficient (Wildman–Crippen LogP) is 0.0307. The van der Waals surface area contributed by atoms with E-state index in [-0.39, 0.29) is 0 Å². The summed E-state index contributed by atoms with van der Waals surface area (Å²) in [6.45, 7) is 2.54. The van der Waals surface area contributed by atoms with Crippen molar-refractivity contribution < 1.29 is 14.3 Å². The van der Waals surface area contributed by atoms with Gasteiger partial charge < -0.3 is 4.74 Å². The smallest absolute Gasteiger partial charge is 0.303 e. The highest BCUT2D eigenvalue weighted by Crippen LogP contribution is 1.91. The minimum atomic E-state index is -0.942. The Bertz CT molecular complexity index is 192. The van der Waals surface area contributed by atoms with Crippen molar-refractivity contribution in [3.63, 3.8) is 0 Å². The van der Waals surface area contributed by atoms with E-state index in [0.29, 0.717) is 0 Å². The maximum atomic E-state index is 10.4. The van der Waals surface area contributed by atoms with Crippen LogP contribution in [0.1, 0.15) is 13.8 Å². The van der Waals surface area contributed by atoms with Crippen molar-refractivity contribution in [1.82, 2.24) is 0 Å². The molecule has 0 bridgehead atoms. The number of Topliss-reactive ketones (excluding diaryl/α,β-unsaturated/α-hetero) is 1. The van der Waals surface area contributed by atoms with E-state index >= 15 is 0 Å². The number of esters is 1. The van der Waals surface area contributed by atoms with Gasteiger partial charge in [0.1, 0.15) is 6.07 Å². The number of hydrogen-bond acceptors (Lipinski definition) is 4. The minimum Gasteiger partial charge on any atom is -0.454 e. The van der Waals surface area contributed by atoms with Gasteiger partial charge in [-0.2, -0.15) is 5.26 Å². The highest BCUT2D eigenvalue weighted by molar-refractivity contribution is 5.97. The van der Waals surface area contributed by atoms with Crippen LogP contribution in [-0.2, 0) is 14.3 Å². The highest BCUT2D eigenvalue weighted by Gasteiger charge is 2.13. The Morgan fingerprint density at radius 3 is 2.40 bits per heavy atom. The first-order valence-electron chi connectivity index (χ1n) is 2.69. The molecule has 0 heterocycles. The lowest BCUT2D eigenvalue weighted by molar-refractivity contribution is -0.150. The average molecular weight is 141 g/mol. The predicted molar refractivity (Wildman–Crippen MR) is 31.8 cm³/mol. The number of ether oxygens (including phenoxy) is 1. The molecule has 0 aliphatic rings. The van der Waals surface area contributed by atoms with Crippen LogP contribution in [0, 0.1) is 11.3 Å². The van der Waals surface area contributed by atoms with Crippen molar-refractivity contribution in [1.29, 1.82) is 5.26 Å². The highest BCUT2D eigenvalue weighted by atomic mass is 16.5.